The molecule has 0 aliphatic rings. The van der Waals surface area contributed by atoms with Gasteiger partial charge in [0.1, 0.15) is 0 Å². The Bertz CT molecular complexity index is 538. The van der Waals surface area contributed by atoms with E-state index in [1.807, 2.05) is 24.3 Å². The molecule has 0 spiro atoms. The monoisotopic (exact) mass is 306 g/mol. The van der Waals surface area contributed by atoms with E-state index in [1.165, 1.54) is 5.56 Å². The highest BCUT2D eigenvalue weighted by Gasteiger charge is 2.13. The largest absolute Gasteiger partial charge is 0.446 e. The van der Waals surface area contributed by atoms with Gasteiger partial charge in [-0.25, -0.2) is 0 Å². The third-order valence-electron chi connectivity index (χ3n) is 2.66. The summed E-state index contributed by atoms with van der Waals surface area (Å²) in [5, 5.41) is 0. The van der Waals surface area contributed by atoms with Gasteiger partial charge in [0.05, 0.1) is 0 Å². The maximum Gasteiger partial charge on any atom is 0.228 e. The van der Waals surface area contributed by atoms with Crippen molar-refractivity contribution in [1.29, 1.82) is 0 Å². The summed E-state index contributed by atoms with van der Waals surface area (Å²) in [7, 11) is 0. The zero-order valence-corrected chi connectivity index (χ0v) is 12.0. The van der Waals surface area contributed by atoms with Crippen molar-refractivity contribution in [2.75, 3.05) is 0 Å². The van der Waals surface area contributed by atoms with Gasteiger partial charge in [0, 0.05) is 5.56 Å². The molecule has 0 saturated carbocycles. The zero-order chi connectivity index (χ0) is 13.1. The molecule has 1 aromatic carbocycles. The topological polar surface area (TPSA) is 30.2 Å². The van der Waals surface area contributed by atoms with Gasteiger partial charge in [0.15, 0.2) is 10.4 Å². The number of hydrogen-bond donors (Lipinski definition) is 0. The minimum atomic E-state index is -0.0863. The first-order chi connectivity index (χ1) is 8.56. The summed E-state index contributed by atoms with van der Waals surface area (Å²) < 4.78 is 5.83. The average Bonchev–Trinajstić information content (AvgIpc) is 2.75. The van der Waals surface area contributed by atoms with E-state index in [-0.39, 0.29) is 5.78 Å². The summed E-state index contributed by atoms with van der Waals surface area (Å²) >= 11 is 3.19. The quantitative estimate of drug-likeness (QED) is 0.780. The predicted molar refractivity (Wildman–Crippen MR) is 74.8 cm³/mol. The standard InChI is InChI=1S/C15H15BrO2/c1-10(2)9-11-3-5-12(6-4-11)15(17)13-7-8-14(16)18-13/h3-8,10H,9H2,1-2H3. The Balaban J connectivity index is 2.17. The second-order valence-electron chi connectivity index (χ2n) is 4.73. The molecule has 2 nitrogen and oxygen atoms in total. The van der Waals surface area contributed by atoms with E-state index in [0.717, 1.165) is 6.42 Å². The van der Waals surface area contributed by atoms with Gasteiger partial charge >= 0.3 is 0 Å². The Morgan fingerprint density at radius 3 is 2.33 bits per heavy atom. The van der Waals surface area contributed by atoms with Crippen LogP contribution in [0.15, 0.2) is 45.5 Å². The summed E-state index contributed by atoms with van der Waals surface area (Å²) in [4.78, 5) is 12.1. The van der Waals surface area contributed by atoms with Crippen molar-refractivity contribution in [3.05, 3.63) is 58.0 Å². The van der Waals surface area contributed by atoms with Gasteiger partial charge in [0.2, 0.25) is 5.78 Å². The van der Waals surface area contributed by atoms with E-state index < -0.39 is 0 Å². The van der Waals surface area contributed by atoms with Gasteiger partial charge in [-0.1, -0.05) is 38.1 Å². The summed E-state index contributed by atoms with van der Waals surface area (Å²) in [6.07, 6.45) is 1.03. The van der Waals surface area contributed by atoms with Crippen LogP contribution in [-0.2, 0) is 6.42 Å². The minimum Gasteiger partial charge on any atom is -0.446 e. The van der Waals surface area contributed by atoms with Gasteiger partial charge in [0.25, 0.3) is 0 Å². The third kappa shape index (κ3) is 3.10. The number of benzene rings is 1. The molecule has 0 aliphatic heterocycles. The fraction of sp³-hybridized carbons (Fsp3) is 0.267. The number of rotatable bonds is 4. The van der Waals surface area contributed by atoms with Crippen LogP contribution in [0.4, 0.5) is 0 Å². The van der Waals surface area contributed by atoms with Gasteiger partial charge in [-0.15, -0.1) is 0 Å². The van der Waals surface area contributed by atoms with Crippen LogP contribution in [-0.4, -0.2) is 5.78 Å². The Kier molecular flexibility index (Phi) is 4.02. The molecule has 0 radical (unpaired) electrons. The Hall–Kier alpha value is -1.35. The third-order valence-corrected chi connectivity index (χ3v) is 3.08. The normalized spacial score (nSPS) is 10.9. The first-order valence-corrected chi connectivity index (χ1v) is 6.74. The Labute approximate surface area is 115 Å². The van der Waals surface area contributed by atoms with E-state index in [4.69, 9.17) is 4.42 Å². The van der Waals surface area contributed by atoms with Crippen LogP contribution >= 0.6 is 15.9 Å². The van der Waals surface area contributed by atoms with Gasteiger partial charge in [-0.2, -0.15) is 0 Å². The Morgan fingerprint density at radius 1 is 1.17 bits per heavy atom. The highest BCUT2D eigenvalue weighted by molar-refractivity contribution is 9.10. The van der Waals surface area contributed by atoms with E-state index in [9.17, 15) is 4.79 Å². The molecular weight excluding hydrogens is 292 g/mol. The highest BCUT2D eigenvalue weighted by atomic mass is 79.9. The van der Waals surface area contributed by atoms with E-state index in [2.05, 4.69) is 29.8 Å². The number of ketones is 1. The smallest absolute Gasteiger partial charge is 0.228 e. The number of carbonyl (C=O) groups excluding carboxylic acids is 1. The summed E-state index contributed by atoms with van der Waals surface area (Å²) in [6, 6.07) is 11.1. The van der Waals surface area contributed by atoms with Crippen molar-refractivity contribution in [2.24, 2.45) is 5.92 Å². The van der Waals surface area contributed by atoms with Crippen LogP contribution in [0, 0.1) is 5.92 Å². The molecule has 2 aromatic rings. The molecular formula is C15H15BrO2. The maximum atomic E-state index is 12.1. The highest BCUT2D eigenvalue weighted by Crippen LogP contribution is 2.18. The fourth-order valence-corrected chi connectivity index (χ4v) is 2.15. The van der Waals surface area contributed by atoms with Crippen molar-refractivity contribution in [3.63, 3.8) is 0 Å². The van der Waals surface area contributed by atoms with Gasteiger partial charge in [-0.3, -0.25) is 4.79 Å². The second kappa shape index (κ2) is 5.53. The molecule has 94 valence electrons. The molecule has 0 aliphatic carbocycles. The predicted octanol–water partition coefficient (Wildman–Crippen LogP) is 4.47. The summed E-state index contributed by atoms with van der Waals surface area (Å²) in [5.74, 6) is 0.892. The van der Waals surface area contributed by atoms with Crippen molar-refractivity contribution in [1.82, 2.24) is 0 Å². The van der Waals surface area contributed by atoms with E-state index >= 15 is 0 Å². The first-order valence-electron chi connectivity index (χ1n) is 5.95. The maximum absolute atomic E-state index is 12.1. The SMILES string of the molecule is CC(C)Cc1ccc(C(=O)c2ccc(Br)o2)cc1. The van der Waals surface area contributed by atoms with Crippen LogP contribution in [0.5, 0.6) is 0 Å². The van der Waals surface area contributed by atoms with Crippen molar-refractivity contribution in [3.8, 4) is 0 Å². The lowest BCUT2D eigenvalue weighted by atomic mass is 10.0. The molecule has 0 amide bonds. The molecule has 2 rings (SSSR count). The number of hydrogen-bond acceptors (Lipinski definition) is 2. The van der Waals surface area contributed by atoms with Crippen LogP contribution in [0.2, 0.25) is 0 Å². The lowest BCUT2D eigenvalue weighted by Gasteiger charge is -2.05. The zero-order valence-electron chi connectivity index (χ0n) is 10.4. The molecule has 0 fully saturated rings. The van der Waals surface area contributed by atoms with Crippen molar-refractivity contribution >= 4 is 21.7 Å². The van der Waals surface area contributed by atoms with Crippen LogP contribution in [0.25, 0.3) is 0 Å². The van der Waals surface area contributed by atoms with Crippen molar-refractivity contribution in [2.45, 2.75) is 20.3 Å². The van der Waals surface area contributed by atoms with Crippen LogP contribution in [0.1, 0.15) is 35.5 Å². The molecule has 0 N–H and O–H groups in total. The van der Waals surface area contributed by atoms with Gasteiger partial charge < -0.3 is 4.42 Å². The number of halogens is 1. The molecule has 0 saturated heterocycles. The molecule has 0 unspecified atom stereocenters. The number of carbonyl (C=O) groups is 1. The number of furan rings is 1. The second-order valence-corrected chi connectivity index (χ2v) is 5.51. The van der Waals surface area contributed by atoms with Gasteiger partial charge in [-0.05, 0) is 46.0 Å². The van der Waals surface area contributed by atoms with E-state index in [1.54, 1.807) is 12.1 Å². The van der Waals surface area contributed by atoms with Crippen LogP contribution in [0.3, 0.4) is 0 Å². The fourth-order valence-electron chi connectivity index (χ4n) is 1.84. The van der Waals surface area contributed by atoms with Crippen molar-refractivity contribution < 1.29 is 9.21 Å². The lowest BCUT2D eigenvalue weighted by Crippen LogP contribution is -2.00. The molecule has 0 atom stereocenters. The average molecular weight is 307 g/mol. The molecule has 1 aromatic heterocycles. The first kappa shape index (κ1) is 13.1. The summed E-state index contributed by atoms with van der Waals surface area (Å²) in [6.45, 7) is 4.36. The molecule has 18 heavy (non-hydrogen) atoms. The lowest BCUT2D eigenvalue weighted by molar-refractivity contribution is 0.101. The minimum absolute atomic E-state index is 0.0863. The van der Waals surface area contributed by atoms with E-state index in [0.29, 0.717) is 21.9 Å². The molecule has 0 bridgehead atoms. The molecule has 1 heterocycles. The summed E-state index contributed by atoms with van der Waals surface area (Å²) in [5.41, 5.74) is 1.91. The molecule has 3 heteroatoms. The Morgan fingerprint density at radius 2 is 1.83 bits per heavy atom. The van der Waals surface area contributed by atoms with Crippen LogP contribution < -0.4 is 0 Å².